The number of nitriles is 1. The lowest BCUT2D eigenvalue weighted by molar-refractivity contribution is 0.140. The van der Waals surface area contributed by atoms with Gasteiger partial charge in [0.15, 0.2) is 0 Å². The van der Waals surface area contributed by atoms with E-state index in [1.54, 1.807) is 0 Å². The van der Waals surface area contributed by atoms with Crippen LogP contribution in [0.4, 0.5) is 0 Å². The third-order valence-corrected chi connectivity index (χ3v) is 2.61. The van der Waals surface area contributed by atoms with Crippen LogP contribution in [0, 0.1) is 11.3 Å². The van der Waals surface area contributed by atoms with Crippen LogP contribution in [0.5, 0.6) is 0 Å². The van der Waals surface area contributed by atoms with Crippen LogP contribution in [0.3, 0.4) is 0 Å². The third-order valence-electron chi connectivity index (χ3n) is 2.61. The molecule has 0 bridgehead atoms. The lowest BCUT2D eigenvalue weighted by Gasteiger charge is -2.33. The topological polar surface area (TPSA) is 56.0 Å². The molecular formula is C10H20N2O. The summed E-state index contributed by atoms with van der Waals surface area (Å²) >= 11 is 0. The van der Waals surface area contributed by atoms with Crippen molar-refractivity contribution in [2.45, 2.75) is 51.6 Å². The fraction of sp³-hybridized carbons (Fsp3) is 0.900. The van der Waals surface area contributed by atoms with Crippen LogP contribution in [-0.4, -0.2) is 23.3 Å². The third kappa shape index (κ3) is 3.75. The molecule has 0 heterocycles. The van der Waals surface area contributed by atoms with Gasteiger partial charge in [-0.15, -0.1) is 0 Å². The average molecular weight is 184 g/mol. The first-order valence-corrected chi connectivity index (χ1v) is 4.89. The summed E-state index contributed by atoms with van der Waals surface area (Å²) in [5, 5.41) is 21.1. The van der Waals surface area contributed by atoms with Crippen LogP contribution < -0.4 is 5.32 Å². The Kier molecular flexibility index (Phi) is 5.68. The summed E-state index contributed by atoms with van der Waals surface area (Å²) in [6.07, 6.45) is 2.26. The molecule has 0 saturated heterocycles. The predicted molar refractivity (Wildman–Crippen MR) is 53.2 cm³/mol. The Morgan fingerprint density at radius 3 is 2.31 bits per heavy atom. The largest absolute Gasteiger partial charge is 0.394 e. The Balaban J connectivity index is 4.17. The molecule has 0 fully saturated rings. The van der Waals surface area contributed by atoms with Gasteiger partial charge in [0.25, 0.3) is 0 Å². The molecule has 1 unspecified atom stereocenters. The summed E-state index contributed by atoms with van der Waals surface area (Å²) in [5.74, 6) is 0. The van der Waals surface area contributed by atoms with E-state index in [2.05, 4.69) is 11.4 Å². The quantitative estimate of drug-likeness (QED) is 0.656. The molecule has 0 rings (SSSR count). The number of aliphatic hydroxyl groups is 1. The number of aliphatic hydroxyl groups excluding tert-OH is 1. The van der Waals surface area contributed by atoms with Crippen molar-refractivity contribution in [3.05, 3.63) is 0 Å². The van der Waals surface area contributed by atoms with Gasteiger partial charge in [-0.05, 0) is 19.8 Å². The monoisotopic (exact) mass is 184 g/mol. The summed E-state index contributed by atoms with van der Waals surface area (Å²) < 4.78 is 0. The fourth-order valence-corrected chi connectivity index (χ4v) is 1.43. The van der Waals surface area contributed by atoms with Crippen molar-refractivity contribution < 1.29 is 5.11 Å². The molecule has 3 heteroatoms. The van der Waals surface area contributed by atoms with E-state index >= 15 is 0 Å². The molecule has 0 saturated carbocycles. The minimum absolute atomic E-state index is 0.135. The Bertz CT molecular complexity index is 162. The van der Waals surface area contributed by atoms with Gasteiger partial charge in [0.2, 0.25) is 0 Å². The van der Waals surface area contributed by atoms with Gasteiger partial charge in [0.1, 0.15) is 0 Å². The number of hydrogen-bond donors (Lipinski definition) is 2. The van der Waals surface area contributed by atoms with Crippen LogP contribution >= 0.6 is 0 Å². The standard InChI is InChI=1S/C10H20N2O/c1-4-10(5-2,8-13)12-9(3)6-7-11/h9,12-13H,4-6,8H2,1-3H3. The highest BCUT2D eigenvalue weighted by atomic mass is 16.3. The first-order valence-electron chi connectivity index (χ1n) is 4.89. The minimum atomic E-state index is -0.198. The molecule has 1 atom stereocenters. The lowest BCUT2D eigenvalue weighted by Crippen LogP contribution is -2.51. The van der Waals surface area contributed by atoms with Gasteiger partial charge < -0.3 is 10.4 Å². The maximum Gasteiger partial charge on any atom is 0.0638 e. The van der Waals surface area contributed by atoms with Gasteiger partial charge in [-0.1, -0.05) is 13.8 Å². The molecule has 0 aromatic heterocycles. The van der Waals surface area contributed by atoms with Gasteiger partial charge >= 0.3 is 0 Å². The molecule has 0 aromatic carbocycles. The van der Waals surface area contributed by atoms with Gasteiger partial charge in [-0.25, -0.2) is 0 Å². The Labute approximate surface area is 80.8 Å². The second kappa shape index (κ2) is 5.95. The Morgan fingerprint density at radius 1 is 1.46 bits per heavy atom. The molecule has 0 amide bonds. The van der Waals surface area contributed by atoms with Crippen LogP contribution in [0.25, 0.3) is 0 Å². The highest BCUT2D eigenvalue weighted by molar-refractivity contribution is 4.89. The zero-order valence-electron chi connectivity index (χ0n) is 8.80. The maximum absolute atomic E-state index is 9.25. The minimum Gasteiger partial charge on any atom is -0.394 e. The van der Waals surface area contributed by atoms with Crippen LogP contribution in [0.15, 0.2) is 0 Å². The molecule has 0 radical (unpaired) electrons. The van der Waals surface area contributed by atoms with E-state index in [1.165, 1.54) is 0 Å². The molecule has 3 nitrogen and oxygen atoms in total. The van der Waals surface area contributed by atoms with E-state index in [1.807, 2.05) is 20.8 Å². The first-order chi connectivity index (χ1) is 6.14. The van der Waals surface area contributed by atoms with Crippen LogP contribution in [0.2, 0.25) is 0 Å². The SMILES string of the molecule is CCC(CC)(CO)NC(C)CC#N. The number of rotatable bonds is 6. The van der Waals surface area contributed by atoms with E-state index in [9.17, 15) is 5.11 Å². The Morgan fingerprint density at radius 2 is 2.00 bits per heavy atom. The van der Waals surface area contributed by atoms with Crippen molar-refractivity contribution in [2.24, 2.45) is 0 Å². The number of nitrogens with zero attached hydrogens (tertiary/aromatic N) is 1. The van der Waals surface area contributed by atoms with E-state index in [-0.39, 0.29) is 18.2 Å². The van der Waals surface area contributed by atoms with Crippen molar-refractivity contribution >= 4 is 0 Å². The van der Waals surface area contributed by atoms with Crippen LogP contribution in [0.1, 0.15) is 40.0 Å². The van der Waals surface area contributed by atoms with Gasteiger partial charge in [0.05, 0.1) is 19.1 Å². The molecule has 0 aliphatic carbocycles. The van der Waals surface area contributed by atoms with Gasteiger partial charge in [-0.3, -0.25) is 0 Å². The molecule has 13 heavy (non-hydrogen) atoms. The van der Waals surface area contributed by atoms with E-state index in [0.29, 0.717) is 6.42 Å². The zero-order chi connectivity index (χ0) is 10.3. The average Bonchev–Trinajstić information content (AvgIpc) is 2.15. The second-order valence-electron chi connectivity index (χ2n) is 3.55. The molecule has 76 valence electrons. The van der Waals surface area contributed by atoms with E-state index in [0.717, 1.165) is 12.8 Å². The normalized spacial score (nSPS) is 13.8. The smallest absolute Gasteiger partial charge is 0.0638 e. The van der Waals surface area contributed by atoms with Crippen molar-refractivity contribution in [3.63, 3.8) is 0 Å². The maximum atomic E-state index is 9.25. The summed E-state index contributed by atoms with van der Waals surface area (Å²) in [4.78, 5) is 0. The summed E-state index contributed by atoms with van der Waals surface area (Å²) in [6, 6.07) is 2.27. The predicted octanol–water partition coefficient (Wildman–Crippen LogP) is 1.43. The molecule has 2 N–H and O–H groups in total. The van der Waals surface area contributed by atoms with Crippen molar-refractivity contribution in [1.82, 2.24) is 5.32 Å². The molecule has 0 aliphatic rings. The summed E-state index contributed by atoms with van der Waals surface area (Å²) in [5.41, 5.74) is -0.198. The molecule has 0 aliphatic heterocycles. The molecule has 0 aromatic rings. The number of hydrogen-bond acceptors (Lipinski definition) is 3. The molecular weight excluding hydrogens is 164 g/mol. The first kappa shape index (κ1) is 12.4. The number of nitrogens with one attached hydrogen (secondary N) is 1. The van der Waals surface area contributed by atoms with E-state index in [4.69, 9.17) is 5.26 Å². The van der Waals surface area contributed by atoms with Crippen molar-refractivity contribution in [2.75, 3.05) is 6.61 Å². The fourth-order valence-electron chi connectivity index (χ4n) is 1.43. The highest BCUT2D eigenvalue weighted by Gasteiger charge is 2.26. The van der Waals surface area contributed by atoms with Crippen LogP contribution in [-0.2, 0) is 0 Å². The summed E-state index contributed by atoms with van der Waals surface area (Å²) in [6.45, 7) is 6.20. The highest BCUT2D eigenvalue weighted by Crippen LogP contribution is 2.15. The lowest BCUT2D eigenvalue weighted by atomic mass is 9.92. The van der Waals surface area contributed by atoms with Crippen molar-refractivity contribution in [1.29, 1.82) is 5.26 Å². The second-order valence-corrected chi connectivity index (χ2v) is 3.55. The van der Waals surface area contributed by atoms with E-state index < -0.39 is 0 Å². The zero-order valence-corrected chi connectivity index (χ0v) is 8.80. The van der Waals surface area contributed by atoms with Crippen molar-refractivity contribution in [3.8, 4) is 6.07 Å². The Hall–Kier alpha value is -0.590. The summed E-state index contributed by atoms with van der Waals surface area (Å²) in [7, 11) is 0. The van der Waals surface area contributed by atoms with Gasteiger partial charge in [-0.2, -0.15) is 5.26 Å². The van der Waals surface area contributed by atoms with Gasteiger partial charge in [0, 0.05) is 11.6 Å². The molecule has 0 spiro atoms.